The number of hydrogen-bond donors (Lipinski definition) is 1. The molecule has 1 aliphatic heterocycles. The van der Waals surface area contributed by atoms with E-state index < -0.39 is 12.4 Å². The molecular formula is C22H24F3N2O2+. The second-order valence-electron chi connectivity index (χ2n) is 6.90. The second kappa shape index (κ2) is 9.60. The Labute approximate surface area is 168 Å². The van der Waals surface area contributed by atoms with Crippen molar-refractivity contribution in [3.63, 3.8) is 0 Å². The first-order valence-corrected chi connectivity index (χ1v) is 9.61. The van der Waals surface area contributed by atoms with Crippen LogP contribution in [0.5, 0.6) is 5.75 Å². The van der Waals surface area contributed by atoms with Gasteiger partial charge in [0.05, 0.1) is 38.4 Å². The normalized spacial score (nSPS) is 15.3. The van der Waals surface area contributed by atoms with E-state index in [0.717, 1.165) is 32.7 Å². The molecule has 0 saturated carbocycles. The fraction of sp³-hybridized carbons (Fsp3) is 0.318. The van der Waals surface area contributed by atoms with Crippen LogP contribution in [0.3, 0.4) is 0 Å². The van der Waals surface area contributed by atoms with Gasteiger partial charge in [-0.2, -0.15) is 8.78 Å². The highest BCUT2D eigenvalue weighted by molar-refractivity contribution is 6.07. The lowest BCUT2D eigenvalue weighted by atomic mass is 10.1. The van der Waals surface area contributed by atoms with E-state index >= 15 is 0 Å². The van der Waals surface area contributed by atoms with Crippen LogP contribution in [0.1, 0.15) is 22.8 Å². The number of likely N-dealkylation sites (N-methyl/N-ethyl adjacent to an activating group) is 1. The van der Waals surface area contributed by atoms with Crippen LogP contribution in [-0.4, -0.2) is 45.1 Å². The summed E-state index contributed by atoms with van der Waals surface area (Å²) < 4.78 is 43.2. The SMILES string of the molecule is CC[NH+]1CCN(c2ccc(C(=O)/C=C/c3ccc(OC(F)F)cc3)cc2F)CC1. The van der Waals surface area contributed by atoms with Gasteiger partial charge in [0, 0.05) is 5.56 Å². The van der Waals surface area contributed by atoms with Crippen molar-refractivity contribution < 1.29 is 27.6 Å². The minimum atomic E-state index is -2.88. The average Bonchev–Trinajstić information content (AvgIpc) is 2.72. The number of hydrogen-bond acceptors (Lipinski definition) is 3. The van der Waals surface area contributed by atoms with Gasteiger partial charge in [0.2, 0.25) is 0 Å². The van der Waals surface area contributed by atoms with E-state index in [-0.39, 0.29) is 17.1 Å². The van der Waals surface area contributed by atoms with Gasteiger partial charge in [-0.3, -0.25) is 4.79 Å². The quantitative estimate of drug-likeness (QED) is 0.568. The molecule has 0 unspecified atom stereocenters. The highest BCUT2D eigenvalue weighted by atomic mass is 19.3. The lowest BCUT2D eigenvalue weighted by Gasteiger charge is -2.33. The van der Waals surface area contributed by atoms with Gasteiger partial charge < -0.3 is 14.5 Å². The summed E-state index contributed by atoms with van der Waals surface area (Å²) in [6, 6.07) is 10.5. The van der Waals surface area contributed by atoms with Crippen LogP contribution < -0.4 is 14.5 Å². The lowest BCUT2D eigenvalue weighted by Crippen LogP contribution is -3.14. The zero-order chi connectivity index (χ0) is 20.8. The van der Waals surface area contributed by atoms with Crippen LogP contribution in [0.4, 0.5) is 18.9 Å². The fourth-order valence-corrected chi connectivity index (χ4v) is 3.36. The van der Waals surface area contributed by atoms with Crippen LogP contribution in [0.2, 0.25) is 0 Å². The Kier molecular flexibility index (Phi) is 6.93. The topological polar surface area (TPSA) is 34.0 Å². The standard InChI is InChI=1S/C22H23F3N2O2/c1-2-26-11-13-27(14-12-26)20-9-6-17(15-19(20)23)21(28)10-5-16-3-7-18(8-4-16)29-22(24)25/h3-10,15,22H,2,11-14H2,1H3/p+1/b10-5+. The summed E-state index contributed by atoms with van der Waals surface area (Å²) in [4.78, 5) is 15.9. The van der Waals surface area contributed by atoms with Gasteiger partial charge in [0.1, 0.15) is 11.6 Å². The van der Waals surface area contributed by atoms with Crippen molar-refractivity contribution in [2.75, 3.05) is 37.6 Å². The monoisotopic (exact) mass is 405 g/mol. The van der Waals surface area contributed by atoms with Crippen LogP contribution in [-0.2, 0) is 0 Å². The minimum Gasteiger partial charge on any atom is -0.435 e. The molecule has 29 heavy (non-hydrogen) atoms. The van der Waals surface area contributed by atoms with E-state index in [2.05, 4.69) is 11.7 Å². The molecule has 0 radical (unpaired) electrons. The number of piperazine rings is 1. The maximum atomic E-state index is 14.6. The first kappa shape index (κ1) is 20.9. The number of quaternary nitrogens is 1. The van der Waals surface area contributed by atoms with Crippen molar-refractivity contribution >= 4 is 17.5 Å². The Hall–Kier alpha value is -2.80. The third-order valence-electron chi connectivity index (χ3n) is 5.08. The summed E-state index contributed by atoms with van der Waals surface area (Å²) in [7, 11) is 0. The Morgan fingerprint density at radius 2 is 1.86 bits per heavy atom. The smallest absolute Gasteiger partial charge is 0.387 e. The molecule has 3 rings (SSSR count). The lowest BCUT2D eigenvalue weighted by molar-refractivity contribution is -0.898. The summed E-state index contributed by atoms with van der Waals surface area (Å²) in [6.45, 7) is 3.86. The van der Waals surface area contributed by atoms with E-state index in [4.69, 9.17) is 0 Å². The van der Waals surface area contributed by atoms with Gasteiger partial charge in [-0.1, -0.05) is 18.2 Å². The number of ether oxygens (including phenoxy) is 1. The van der Waals surface area contributed by atoms with E-state index in [1.165, 1.54) is 29.2 Å². The first-order valence-electron chi connectivity index (χ1n) is 9.61. The minimum absolute atomic E-state index is 0.0440. The molecule has 0 amide bonds. The van der Waals surface area contributed by atoms with Gasteiger partial charge >= 0.3 is 6.61 Å². The average molecular weight is 405 g/mol. The number of halogens is 3. The summed E-state index contributed by atoms with van der Waals surface area (Å²) in [5, 5.41) is 0. The number of carbonyl (C=O) groups is 1. The number of allylic oxidation sites excluding steroid dienone is 1. The molecule has 0 aliphatic carbocycles. The van der Waals surface area contributed by atoms with Gasteiger partial charge in [0.15, 0.2) is 5.78 Å². The molecule has 0 bridgehead atoms. The molecule has 4 nitrogen and oxygen atoms in total. The molecule has 1 N–H and O–H groups in total. The van der Waals surface area contributed by atoms with E-state index in [0.29, 0.717) is 11.3 Å². The largest absolute Gasteiger partial charge is 0.435 e. The van der Waals surface area contributed by atoms with E-state index in [1.54, 1.807) is 30.3 Å². The Morgan fingerprint density at radius 1 is 1.17 bits per heavy atom. The Bertz CT molecular complexity index is 861. The third-order valence-corrected chi connectivity index (χ3v) is 5.08. The van der Waals surface area contributed by atoms with Crippen LogP contribution in [0, 0.1) is 5.82 Å². The summed E-state index contributed by atoms with van der Waals surface area (Å²) in [6.07, 6.45) is 2.88. The number of rotatable bonds is 7. The second-order valence-corrected chi connectivity index (χ2v) is 6.90. The predicted molar refractivity (Wildman–Crippen MR) is 106 cm³/mol. The van der Waals surface area contributed by atoms with Crippen molar-refractivity contribution in [2.45, 2.75) is 13.5 Å². The summed E-state index contributed by atoms with van der Waals surface area (Å²) in [5.74, 6) is -0.691. The molecule has 1 heterocycles. The zero-order valence-electron chi connectivity index (χ0n) is 16.2. The number of benzene rings is 2. The Morgan fingerprint density at radius 3 is 2.45 bits per heavy atom. The number of alkyl halides is 2. The highest BCUT2D eigenvalue weighted by Crippen LogP contribution is 2.21. The third kappa shape index (κ3) is 5.60. The molecule has 0 aromatic heterocycles. The summed E-state index contributed by atoms with van der Waals surface area (Å²) >= 11 is 0. The van der Waals surface area contributed by atoms with Gasteiger partial charge in [-0.15, -0.1) is 0 Å². The molecule has 154 valence electrons. The van der Waals surface area contributed by atoms with E-state index in [9.17, 15) is 18.0 Å². The van der Waals surface area contributed by atoms with Crippen molar-refractivity contribution in [1.29, 1.82) is 0 Å². The van der Waals surface area contributed by atoms with Crippen LogP contribution >= 0.6 is 0 Å². The fourth-order valence-electron chi connectivity index (χ4n) is 3.36. The maximum Gasteiger partial charge on any atom is 0.387 e. The first-order chi connectivity index (χ1) is 14.0. The van der Waals surface area contributed by atoms with Crippen LogP contribution in [0.15, 0.2) is 48.5 Å². The van der Waals surface area contributed by atoms with Crippen LogP contribution in [0.25, 0.3) is 6.08 Å². The van der Waals surface area contributed by atoms with Gasteiger partial charge in [-0.25, -0.2) is 4.39 Å². The number of anilines is 1. The molecule has 2 aromatic rings. The predicted octanol–water partition coefficient (Wildman–Crippen LogP) is 3.05. The Balaban J connectivity index is 1.64. The molecule has 0 spiro atoms. The van der Waals surface area contributed by atoms with Gasteiger partial charge in [0.25, 0.3) is 0 Å². The highest BCUT2D eigenvalue weighted by Gasteiger charge is 2.21. The molecule has 1 fully saturated rings. The molecule has 1 saturated heterocycles. The number of carbonyl (C=O) groups excluding carboxylic acids is 1. The molecule has 0 atom stereocenters. The number of nitrogens with one attached hydrogen (secondary N) is 1. The molecule has 7 heteroatoms. The van der Waals surface area contributed by atoms with Crippen molar-refractivity contribution in [1.82, 2.24) is 0 Å². The number of nitrogens with zero attached hydrogens (tertiary/aromatic N) is 1. The van der Waals surface area contributed by atoms with E-state index in [1.807, 2.05) is 4.90 Å². The van der Waals surface area contributed by atoms with Crippen molar-refractivity contribution in [2.24, 2.45) is 0 Å². The molecular weight excluding hydrogens is 381 g/mol. The van der Waals surface area contributed by atoms with Crippen molar-refractivity contribution in [3.05, 3.63) is 65.5 Å². The maximum absolute atomic E-state index is 14.6. The zero-order valence-corrected chi connectivity index (χ0v) is 16.2. The van der Waals surface area contributed by atoms with Crippen molar-refractivity contribution in [3.8, 4) is 5.75 Å². The molecule has 2 aromatic carbocycles. The summed E-state index contributed by atoms with van der Waals surface area (Å²) in [5.41, 5.74) is 1.43. The molecule has 1 aliphatic rings. The van der Waals surface area contributed by atoms with Gasteiger partial charge in [-0.05, 0) is 48.9 Å². The number of ketones is 1.